The Labute approximate surface area is 114 Å². The predicted octanol–water partition coefficient (Wildman–Crippen LogP) is 2.80. The maximum atomic E-state index is 5.91. The van der Waals surface area contributed by atoms with Crippen molar-refractivity contribution >= 4 is 17.4 Å². The fraction of sp³-hybridized carbons (Fsp3) is 0.643. The number of nitrogens with zero attached hydrogens (tertiary/aromatic N) is 3. The first-order valence-electron chi connectivity index (χ1n) is 6.88. The van der Waals surface area contributed by atoms with Crippen LogP contribution in [0.1, 0.15) is 26.2 Å². The minimum atomic E-state index is 0.549. The molecule has 1 aromatic heterocycles. The van der Waals surface area contributed by atoms with E-state index in [2.05, 4.69) is 21.7 Å². The fourth-order valence-corrected chi connectivity index (χ4v) is 3.46. The zero-order valence-corrected chi connectivity index (χ0v) is 11.6. The third-order valence-electron chi connectivity index (χ3n) is 4.35. The molecule has 0 N–H and O–H groups in total. The molecule has 2 fully saturated rings. The summed E-state index contributed by atoms with van der Waals surface area (Å²) in [5.74, 6) is 1.07. The third kappa shape index (κ3) is 2.21. The van der Waals surface area contributed by atoms with Crippen molar-refractivity contribution in [1.82, 2.24) is 9.88 Å². The molecule has 2 aliphatic heterocycles. The third-order valence-corrected chi connectivity index (χ3v) is 4.57. The largest absolute Gasteiger partial charge is 0.351 e. The van der Waals surface area contributed by atoms with Gasteiger partial charge in [-0.05, 0) is 38.4 Å². The van der Waals surface area contributed by atoms with E-state index in [0.717, 1.165) is 12.4 Å². The van der Waals surface area contributed by atoms with Crippen molar-refractivity contribution in [3.8, 4) is 0 Å². The van der Waals surface area contributed by atoms with Crippen molar-refractivity contribution in [1.29, 1.82) is 0 Å². The summed E-state index contributed by atoms with van der Waals surface area (Å²) in [5.41, 5.74) is 0. The Balaban J connectivity index is 1.79. The smallest absolute Gasteiger partial charge is 0.128 e. The van der Waals surface area contributed by atoms with Crippen LogP contribution in [0.3, 0.4) is 0 Å². The quantitative estimate of drug-likeness (QED) is 0.778. The molecule has 2 unspecified atom stereocenters. The first-order chi connectivity index (χ1) is 8.75. The summed E-state index contributed by atoms with van der Waals surface area (Å²) in [6, 6.07) is 5.22. The molecule has 0 radical (unpaired) electrons. The minimum absolute atomic E-state index is 0.549. The van der Waals surface area contributed by atoms with Gasteiger partial charge in [0.2, 0.25) is 0 Å². The lowest BCUT2D eigenvalue weighted by atomic mass is 9.93. The number of hydrogen-bond donors (Lipinski definition) is 0. The maximum Gasteiger partial charge on any atom is 0.128 e. The molecule has 98 valence electrons. The van der Waals surface area contributed by atoms with Crippen LogP contribution in [0, 0.1) is 0 Å². The normalized spacial score (nSPS) is 29.1. The van der Waals surface area contributed by atoms with Gasteiger partial charge >= 0.3 is 0 Å². The lowest BCUT2D eigenvalue weighted by Gasteiger charge is -2.49. The van der Waals surface area contributed by atoms with Gasteiger partial charge in [-0.15, -0.1) is 0 Å². The zero-order valence-electron chi connectivity index (χ0n) is 10.8. The van der Waals surface area contributed by atoms with Gasteiger partial charge < -0.3 is 4.90 Å². The number of piperidine rings is 1. The minimum Gasteiger partial charge on any atom is -0.351 e. The van der Waals surface area contributed by atoms with Gasteiger partial charge in [-0.25, -0.2) is 4.98 Å². The molecule has 1 aromatic rings. The molecule has 0 aliphatic carbocycles. The second-order valence-electron chi connectivity index (χ2n) is 5.37. The topological polar surface area (TPSA) is 19.4 Å². The Bertz CT molecular complexity index is 406. The van der Waals surface area contributed by atoms with Crippen LogP contribution in [0.15, 0.2) is 18.3 Å². The molecule has 2 saturated heterocycles. The van der Waals surface area contributed by atoms with Crippen molar-refractivity contribution in [2.75, 3.05) is 24.5 Å². The Morgan fingerprint density at radius 3 is 2.89 bits per heavy atom. The molecule has 2 atom stereocenters. The van der Waals surface area contributed by atoms with Crippen LogP contribution in [0.25, 0.3) is 0 Å². The van der Waals surface area contributed by atoms with E-state index >= 15 is 0 Å². The Hall–Kier alpha value is -0.800. The van der Waals surface area contributed by atoms with Crippen molar-refractivity contribution in [2.24, 2.45) is 0 Å². The van der Waals surface area contributed by atoms with Gasteiger partial charge in [-0.1, -0.05) is 18.0 Å². The van der Waals surface area contributed by atoms with E-state index in [1.165, 1.54) is 32.4 Å². The summed E-state index contributed by atoms with van der Waals surface area (Å²) in [5, 5.41) is 0.711. The number of rotatable bonds is 1. The van der Waals surface area contributed by atoms with Crippen LogP contribution in [-0.4, -0.2) is 41.6 Å². The second kappa shape index (κ2) is 5.06. The lowest BCUT2D eigenvalue weighted by Crippen LogP contribution is -2.60. The summed E-state index contributed by atoms with van der Waals surface area (Å²) < 4.78 is 0. The van der Waals surface area contributed by atoms with Crippen LogP contribution in [-0.2, 0) is 0 Å². The van der Waals surface area contributed by atoms with Crippen molar-refractivity contribution in [3.05, 3.63) is 23.4 Å². The number of anilines is 1. The van der Waals surface area contributed by atoms with Crippen molar-refractivity contribution in [3.63, 3.8) is 0 Å². The Kier molecular flexibility index (Phi) is 3.44. The monoisotopic (exact) mass is 265 g/mol. The molecule has 0 amide bonds. The molecular formula is C14H20ClN3. The highest BCUT2D eigenvalue weighted by atomic mass is 35.5. The molecule has 0 saturated carbocycles. The van der Waals surface area contributed by atoms with Crippen LogP contribution in [0.5, 0.6) is 0 Å². The molecule has 4 heteroatoms. The highest BCUT2D eigenvalue weighted by Crippen LogP contribution is 2.29. The molecule has 2 aliphatic rings. The number of piperazine rings is 1. The standard InChI is InChI=1S/C14H20ClN3/c1-11-13-4-2-3-7-17(13)8-9-18(11)14-6-5-12(15)10-16-14/h5-6,10-11,13H,2-4,7-9H2,1H3. The lowest BCUT2D eigenvalue weighted by molar-refractivity contribution is 0.105. The highest BCUT2D eigenvalue weighted by Gasteiger charge is 2.35. The van der Waals surface area contributed by atoms with E-state index < -0.39 is 0 Å². The zero-order chi connectivity index (χ0) is 12.5. The van der Waals surface area contributed by atoms with Crippen LogP contribution in [0.4, 0.5) is 5.82 Å². The SMILES string of the molecule is CC1C2CCCCN2CCN1c1ccc(Cl)cn1. The van der Waals surface area contributed by atoms with Crippen LogP contribution < -0.4 is 4.90 Å². The van der Waals surface area contributed by atoms with E-state index in [0.29, 0.717) is 17.1 Å². The van der Waals surface area contributed by atoms with Gasteiger partial charge in [0.1, 0.15) is 5.82 Å². The van der Waals surface area contributed by atoms with Gasteiger partial charge in [0.25, 0.3) is 0 Å². The van der Waals surface area contributed by atoms with E-state index in [-0.39, 0.29) is 0 Å². The molecule has 0 bridgehead atoms. The Morgan fingerprint density at radius 1 is 1.22 bits per heavy atom. The van der Waals surface area contributed by atoms with Crippen LogP contribution in [0.2, 0.25) is 5.02 Å². The molecule has 18 heavy (non-hydrogen) atoms. The highest BCUT2D eigenvalue weighted by molar-refractivity contribution is 6.30. The molecule has 0 spiro atoms. The number of pyridine rings is 1. The van der Waals surface area contributed by atoms with E-state index in [1.54, 1.807) is 6.20 Å². The van der Waals surface area contributed by atoms with Gasteiger partial charge in [-0.2, -0.15) is 0 Å². The number of fused-ring (bicyclic) bond motifs is 1. The first kappa shape index (κ1) is 12.2. The summed E-state index contributed by atoms with van der Waals surface area (Å²) in [7, 11) is 0. The van der Waals surface area contributed by atoms with E-state index in [1.807, 2.05) is 12.1 Å². The number of hydrogen-bond acceptors (Lipinski definition) is 3. The Morgan fingerprint density at radius 2 is 2.11 bits per heavy atom. The predicted molar refractivity (Wildman–Crippen MR) is 75.3 cm³/mol. The molecule has 3 heterocycles. The molecule has 3 rings (SSSR count). The van der Waals surface area contributed by atoms with E-state index in [4.69, 9.17) is 11.6 Å². The van der Waals surface area contributed by atoms with Crippen LogP contribution >= 0.6 is 11.6 Å². The maximum absolute atomic E-state index is 5.91. The van der Waals surface area contributed by atoms with Crippen molar-refractivity contribution in [2.45, 2.75) is 38.3 Å². The second-order valence-corrected chi connectivity index (χ2v) is 5.80. The average molecular weight is 266 g/mol. The van der Waals surface area contributed by atoms with Crippen molar-refractivity contribution < 1.29 is 0 Å². The average Bonchev–Trinajstić information content (AvgIpc) is 2.41. The molecule has 3 nitrogen and oxygen atoms in total. The molecule has 0 aromatic carbocycles. The van der Waals surface area contributed by atoms with Gasteiger partial charge in [-0.3, -0.25) is 4.90 Å². The summed E-state index contributed by atoms with van der Waals surface area (Å²) >= 11 is 5.91. The summed E-state index contributed by atoms with van der Waals surface area (Å²) in [4.78, 5) is 9.55. The number of halogens is 1. The van der Waals surface area contributed by atoms with E-state index in [9.17, 15) is 0 Å². The van der Waals surface area contributed by atoms with Gasteiger partial charge in [0.05, 0.1) is 5.02 Å². The summed E-state index contributed by atoms with van der Waals surface area (Å²) in [6.45, 7) is 5.85. The van der Waals surface area contributed by atoms with Gasteiger partial charge in [0, 0.05) is 31.4 Å². The summed E-state index contributed by atoms with van der Waals surface area (Å²) in [6.07, 6.45) is 5.80. The fourth-order valence-electron chi connectivity index (χ4n) is 3.35. The first-order valence-corrected chi connectivity index (χ1v) is 7.26. The van der Waals surface area contributed by atoms with Gasteiger partial charge in [0.15, 0.2) is 0 Å². The number of aromatic nitrogens is 1. The molecular weight excluding hydrogens is 246 g/mol.